The molecular weight excluding hydrogens is 218 g/mol. The van der Waals surface area contributed by atoms with Crippen LogP contribution in [0.2, 0.25) is 0 Å². The lowest BCUT2D eigenvalue weighted by molar-refractivity contribution is 1.33. The topological polar surface area (TPSA) is 12.0 Å². The predicted molar refractivity (Wildman–Crippen MR) is 79.5 cm³/mol. The summed E-state index contributed by atoms with van der Waals surface area (Å²) < 4.78 is 0. The second-order valence-corrected chi connectivity index (χ2v) is 3.94. The summed E-state index contributed by atoms with van der Waals surface area (Å²) in [5.41, 5.74) is 2.37. The molecule has 1 nitrogen and oxygen atoms in total. The van der Waals surface area contributed by atoms with Crippen molar-refractivity contribution in [3.63, 3.8) is 0 Å². The Morgan fingerprint density at radius 3 is 2.17 bits per heavy atom. The Morgan fingerprint density at radius 2 is 1.44 bits per heavy atom. The van der Waals surface area contributed by atoms with Gasteiger partial charge in [0.05, 0.1) is 0 Å². The van der Waals surface area contributed by atoms with E-state index in [9.17, 15) is 0 Å². The van der Waals surface area contributed by atoms with Crippen LogP contribution in [0.4, 0.5) is 5.69 Å². The molecule has 0 heterocycles. The van der Waals surface area contributed by atoms with Crippen LogP contribution in [0.3, 0.4) is 0 Å². The van der Waals surface area contributed by atoms with Crippen molar-refractivity contribution in [1.29, 1.82) is 0 Å². The van der Waals surface area contributed by atoms with Crippen LogP contribution >= 0.6 is 0 Å². The first-order valence-electron chi connectivity index (χ1n) is 6.12. The van der Waals surface area contributed by atoms with Crippen molar-refractivity contribution in [2.24, 2.45) is 0 Å². The molecular formula is C17H17N. The first-order valence-corrected chi connectivity index (χ1v) is 6.12. The van der Waals surface area contributed by atoms with E-state index in [0.717, 1.165) is 12.2 Å². The van der Waals surface area contributed by atoms with Crippen molar-refractivity contribution in [2.75, 3.05) is 11.9 Å². The summed E-state index contributed by atoms with van der Waals surface area (Å²) in [6.45, 7) is 0.836. The highest BCUT2D eigenvalue weighted by molar-refractivity contribution is 5.50. The molecule has 1 N–H and O–H groups in total. The van der Waals surface area contributed by atoms with E-state index in [1.54, 1.807) is 0 Å². The lowest BCUT2D eigenvalue weighted by atomic mass is 10.2. The van der Waals surface area contributed by atoms with Gasteiger partial charge in [-0.2, -0.15) is 0 Å². The molecule has 18 heavy (non-hydrogen) atoms. The van der Waals surface area contributed by atoms with E-state index in [0.29, 0.717) is 0 Å². The van der Waals surface area contributed by atoms with Crippen molar-refractivity contribution in [3.8, 4) is 0 Å². The third-order valence-electron chi connectivity index (χ3n) is 2.53. The quantitative estimate of drug-likeness (QED) is 0.759. The molecule has 0 aliphatic carbocycles. The molecule has 0 amide bonds. The van der Waals surface area contributed by atoms with Gasteiger partial charge in [-0.15, -0.1) is 0 Å². The van der Waals surface area contributed by atoms with Gasteiger partial charge in [-0.3, -0.25) is 0 Å². The van der Waals surface area contributed by atoms with E-state index in [-0.39, 0.29) is 0 Å². The molecule has 0 radical (unpaired) electrons. The zero-order valence-corrected chi connectivity index (χ0v) is 10.3. The fraction of sp³-hybridized carbons (Fsp3) is 0.0588. The van der Waals surface area contributed by atoms with Crippen LogP contribution in [0.1, 0.15) is 5.56 Å². The summed E-state index contributed by atoms with van der Waals surface area (Å²) in [7, 11) is 0. The lowest BCUT2D eigenvalue weighted by Gasteiger charge is -2.00. The highest BCUT2D eigenvalue weighted by Crippen LogP contribution is 2.04. The van der Waals surface area contributed by atoms with Gasteiger partial charge in [-0.05, 0) is 17.7 Å². The summed E-state index contributed by atoms with van der Waals surface area (Å²) in [4.78, 5) is 0. The monoisotopic (exact) mass is 235 g/mol. The third-order valence-corrected chi connectivity index (χ3v) is 2.53. The molecule has 1 heteroatoms. The van der Waals surface area contributed by atoms with Gasteiger partial charge in [-0.1, -0.05) is 72.8 Å². The summed E-state index contributed by atoms with van der Waals surface area (Å²) in [5.74, 6) is 0. The Bertz CT molecular complexity index is 498. The van der Waals surface area contributed by atoms with Gasteiger partial charge < -0.3 is 5.32 Å². The van der Waals surface area contributed by atoms with Crippen LogP contribution in [0.25, 0.3) is 6.08 Å². The number of rotatable bonds is 5. The average Bonchev–Trinajstić information content (AvgIpc) is 2.45. The smallest absolute Gasteiger partial charge is 0.0342 e. The van der Waals surface area contributed by atoms with Gasteiger partial charge in [0.2, 0.25) is 0 Å². The van der Waals surface area contributed by atoms with E-state index in [1.165, 1.54) is 5.56 Å². The first-order chi connectivity index (χ1) is 8.95. The Labute approximate surface area is 108 Å². The van der Waals surface area contributed by atoms with Crippen molar-refractivity contribution in [2.45, 2.75) is 0 Å². The molecule has 0 bridgehead atoms. The number of hydrogen-bond donors (Lipinski definition) is 1. The largest absolute Gasteiger partial charge is 0.382 e. The number of allylic oxidation sites excluding steroid dienone is 2. The highest BCUT2D eigenvalue weighted by atomic mass is 14.8. The fourth-order valence-electron chi connectivity index (χ4n) is 1.61. The molecule has 0 saturated heterocycles. The minimum Gasteiger partial charge on any atom is -0.382 e. The second kappa shape index (κ2) is 7.13. The van der Waals surface area contributed by atoms with Crippen LogP contribution in [-0.2, 0) is 0 Å². The molecule has 0 spiro atoms. The maximum Gasteiger partial charge on any atom is 0.0342 e. The number of nitrogens with one attached hydrogen (secondary N) is 1. The Hall–Kier alpha value is -2.28. The Balaban J connectivity index is 1.74. The molecule has 2 rings (SSSR count). The molecule has 0 saturated carbocycles. The maximum absolute atomic E-state index is 3.32. The van der Waals surface area contributed by atoms with E-state index in [2.05, 4.69) is 53.9 Å². The number of hydrogen-bond acceptors (Lipinski definition) is 1. The van der Waals surface area contributed by atoms with Crippen LogP contribution < -0.4 is 5.32 Å². The average molecular weight is 235 g/mol. The Kier molecular flexibility index (Phi) is 4.82. The first kappa shape index (κ1) is 12.2. The van der Waals surface area contributed by atoms with E-state index < -0.39 is 0 Å². The summed E-state index contributed by atoms with van der Waals surface area (Å²) in [6, 6.07) is 20.5. The van der Waals surface area contributed by atoms with E-state index in [1.807, 2.05) is 36.4 Å². The SMILES string of the molecule is C(=CCNc1ccccc1)/C=C/c1ccccc1. The third kappa shape index (κ3) is 4.30. The minimum atomic E-state index is 0.836. The molecule has 0 unspecified atom stereocenters. The summed E-state index contributed by atoms with van der Waals surface area (Å²) in [6.07, 6.45) is 8.32. The van der Waals surface area contributed by atoms with Gasteiger partial charge in [0, 0.05) is 12.2 Å². The number of anilines is 1. The van der Waals surface area contributed by atoms with Gasteiger partial charge >= 0.3 is 0 Å². The normalized spacial score (nSPS) is 11.1. The minimum absolute atomic E-state index is 0.836. The van der Waals surface area contributed by atoms with Crippen molar-refractivity contribution in [3.05, 3.63) is 84.5 Å². The lowest BCUT2D eigenvalue weighted by Crippen LogP contribution is -1.96. The molecule has 0 aromatic heterocycles. The zero-order valence-electron chi connectivity index (χ0n) is 10.3. The van der Waals surface area contributed by atoms with Crippen LogP contribution in [0.15, 0.2) is 78.9 Å². The molecule has 90 valence electrons. The van der Waals surface area contributed by atoms with Crippen LogP contribution in [-0.4, -0.2) is 6.54 Å². The molecule has 0 aliphatic rings. The van der Waals surface area contributed by atoms with Gasteiger partial charge in [0.15, 0.2) is 0 Å². The predicted octanol–water partition coefficient (Wildman–Crippen LogP) is 4.37. The van der Waals surface area contributed by atoms with E-state index >= 15 is 0 Å². The van der Waals surface area contributed by atoms with Gasteiger partial charge in [0.1, 0.15) is 0 Å². The standard InChI is InChI=1S/C17H17N/c1-4-10-16(11-5-1)12-6-3-9-15-18-17-13-7-2-8-14-17/h1-14,18H,15H2/b9-3?,12-6+. The van der Waals surface area contributed by atoms with Crippen LogP contribution in [0, 0.1) is 0 Å². The van der Waals surface area contributed by atoms with Gasteiger partial charge in [-0.25, -0.2) is 0 Å². The molecule has 0 atom stereocenters. The van der Waals surface area contributed by atoms with E-state index in [4.69, 9.17) is 0 Å². The van der Waals surface area contributed by atoms with Crippen LogP contribution in [0.5, 0.6) is 0 Å². The Morgan fingerprint density at radius 1 is 0.778 bits per heavy atom. The van der Waals surface area contributed by atoms with Crippen molar-refractivity contribution < 1.29 is 0 Å². The number of para-hydroxylation sites is 1. The second-order valence-electron chi connectivity index (χ2n) is 3.94. The maximum atomic E-state index is 3.32. The summed E-state index contributed by atoms with van der Waals surface area (Å²) >= 11 is 0. The van der Waals surface area contributed by atoms with Crippen molar-refractivity contribution >= 4 is 11.8 Å². The summed E-state index contributed by atoms with van der Waals surface area (Å²) in [5, 5.41) is 3.32. The molecule has 0 aliphatic heterocycles. The molecule has 2 aromatic rings. The highest BCUT2D eigenvalue weighted by Gasteiger charge is 1.84. The van der Waals surface area contributed by atoms with Gasteiger partial charge in [0.25, 0.3) is 0 Å². The fourth-order valence-corrected chi connectivity index (χ4v) is 1.61. The molecule has 0 fully saturated rings. The van der Waals surface area contributed by atoms with Crippen molar-refractivity contribution in [1.82, 2.24) is 0 Å². The zero-order chi connectivity index (χ0) is 12.5. The number of benzene rings is 2. The molecule has 2 aromatic carbocycles.